The SMILES string of the molecule is C1CCCC(c2nsc(NC3CC3)n2)CC1. The summed E-state index contributed by atoms with van der Waals surface area (Å²) < 4.78 is 4.53. The van der Waals surface area contributed by atoms with Crippen LogP contribution in [0.15, 0.2) is 0 Å². The minimum atomic E-state index is 0.633. The van der Waals surface area contributed by atoms with Crippen molar-refractivity contribution in [3.63, 3.8) is 0 Å². The minimum absolute atomic E-state index is 0.633. The Labute approximate surface area is 101 Å². The third-order valence-electron chi connectivity index (χ3n) is 3.57. The van der Waals surface area contributed by atoms with Crippen molar-refractivity contribution < 1.29 is 0 Å². The van der Waals surface area contributed by atoms with Crippen LogP contribution in [-0.4, -0.2) is 15.4 Å². The Hall–Kier alpha value is -0.640. The Bertz CT molecular complexity index is 338. The van der Waals surface area contributed by atoms with E-state index in [1.54, 1.807) is 11.5 Å². The lowest BCUT2D eigenvalue weighted by Gasteiger charge is -2.08. The van der Waals surface area contributed by atoms with Gasteiger partial charge in [0.15, 0.2) is 0 Å². The molecule has 0 saturated heterocycles. The minimum Gasteiger partial charge on any atom is -0.358 e. The first-order chi connectivity index (χ1) is 7.92. The quantitative estimate of drug-likeness (QED) is 0.817. The first-order valence-electron chi connectivity index (χ1n) is 6.52. The van der Waals surface area contributed by atoms with Gasteiger partial charge in [-0.2, -0.15) is 4.37 Å². The molecule has 1 N–H and O–H groups in total. The fraction of sp³-hybridized carbons (Fsp3) is 0.833. The molecule has 2 saturated carbocycles. The average molecular weight is 237 g/mol. The third-order valence-corrected chi connectivity index (χ3v) is 4.23. The zero-order valence-electron chi connectivity index (χ0n) is 9.61. The Morgan fingerprint density at radius 1 is 1.00 bits per heavy atom. The molecule has 0 spiro atoms. The monoisotopic (exact) mass is 237 g/mol. The van der Waals surface area contributed by atoms with Crippen LogP contribution in [0.4, 0.5) is 5.13 Å². The lowest BCUT2D eigenvalue weighted by atomic mass is 10.00. The summed E-state index contributed by atoms with van der Waals surface area (Å²) in [6.45, 7) is 0. The van der Waals surface area contributed by atoms with Crippen molar-refractivity contribution in [3.05, 3.63) is 5.82 Å². The maximum atomic E-state index is 4.65. The Kier molecular flexibility index (Phi) is 3.09. The normalized spacial score (nSPS) is 23.0. The number of aromatic nitrogens is 2. The zero-order valence-corrected chi connectivity index (χ0v) is 10.4. The van der Waals surface area contributed by atoms with Crippen LogP contribution in [-0.2, 0) is 0 Å². The summed E-state index contributed by atoms with van der Waals surface area (Å²) in [7, 11) is 0. The largest absolute Gasteiger partial charge is 0.358 e. The van der Waals surface area contributed by atoms with Gasteiger partial charge in [-0.05, 0) is 25.7 Å². The predicted octanol–water partition coefficient (Wildman–Crippen LogP) is 3.55. The second-order valence-corrected chi connectivity index (χ2v) is 5.82. The second kappa shape index (κ2) is 4.70. The molecule has 4 heteroatoms. The van der Waals surface area contributed by atoms with Crippen LogP contribution in [0.2, 0.25) is 0 Å². The van der Waals surface area contributed by atoms with Crippen molar-refractivity contribution in [1.29, 1.82) is 0 Å². The number of rotatable bonds is 3. The summed E-state index contributed by atoms with van der Waals surface area (Å²) in [5, 5.41) is 4.48. The fourth-order valence-electron chi connectivity index (χ4n) is 2.40. The fourth-order valence-corrected chi connectivity index (χ4v) is 3.12. The molecule has 3 nitrogen and oxygen atoms in total. The van der Waals surface area contributed by atoms with E-state index in [2.05, 4.69) is 14.7 Å². The molecule has 16 heavy (non-hydrogen) atoms. The van der Waals surface area contributed by atoms with Crippen LogP contribution in [0.5, 0.6) is 0 Å². The number of nitrogens with one attached hydrogen (secondary N) is 1. The molecule has 88 valence electrons. The van der Waals surface area contributed by atoms with Gasteiger partial charge in [0.05, 0.1) is 0 Å². The van der Waals surface area contributed by atoms with E-state index in [-0.39, 0.29) is 0 Å². The van der Waals surface area contributed by atoms with Gasteiger partial charge < -0.3 is 5.32 Å². The molecule has 0 bridgehead atoms. The maximum absolute atomic E-state index is 4.65. The molecule has 2 fully saturated rings. The van der Waals surface area contributed by atoms with E-state index in [0.717, 1.165) is 11.0 Å². The molecule has 0 aliphatic heterocycles. The van der Waals surface area contributed by atoms with Gasteiger partial charge in [0.25, 0.3) is 0 Å². The van der Waals surface area contributed by atoms with Crippen LogP contribution < -0.4 is 5.32 Å². The summed E-state index contributed by atoms with van der Waals surface area (Å²) in [6.07, 6.45) is 10.7. The van der Waals surface area contributed by atoms with E-state index in [9.17, 15) is 0 Å². The highest BCUT2D eigenvalue weighted by Gasteiger charge is 2.24. The van der Waals surface area contributed by atoms with Gasteiger partial charge >= 0.3 is 0 Å². The van der Waals surface area contributed by atoms with Gasteiger partial charge in [0.2, 0.25) is 5.13 Å². The van der Waals surface area contributed by atoms with Gasteiger partial charge in [-0.1, -0.05) is 25.7 Å². The van der Waals surface area contributed by atoms with E-state index < -0.39 is 0 Å². The molecular weight excluding hydrogens is 218 g/mol. The Morgan fingerprint density at radius 2 is 1.75 bits per heavy atom. The van der Waals surface area contributed by atoms with Gasteiger partial charge in [-0.25, -0.2) is 4.98 Å². The van der Waals surface area contributed by atoms with Crippen molar-refractivity contribution in [2.75, 3.05) is 5.32 Å². The molecule has 0 aromatic carbocycles. The average Bonchev–Trinajstić information content (AvgIpc) is 3.03. The van der Waals surface area contributed by atoms with Crippen molar-refractivity contribution in [2.45, 2.75) is 63.3 Å². The summed E-state index contributed by atoms with van der Waals surface area (Å²) >= 11 is 1.55. The first kappa shape index (κ1) is 10.5. The van der Waals surface area contributed by atoms with Crippen LogP contribution in [0.1, 0.15) is 63.1 Å². The van der Waals surface area contributed by atoms with E-state index >= 15 is 0 Å². The van der Waals surface area contributed by atoms with E-state index in [1.807, 2.05) is 0 Å². The highest BCUT2D eigenvalue weighted by molar-refractivity contribution is 7.09. The standard InChI is InChI=1S/C12H19N3S/c1-2-4-6-9(5-3-1)11-14-12(16-15-11)13-10-7-8-10/h9-10H,1-8H2,(H,13,14,15). The smallest absolute Gasteiger partial charge is 0.202 e. The highest BCUT2D eigenvalue weighted by Crippen LogP contribution is 2.32. The molecule has 2 aliphatic carbocycles. The maximum Gasteiger partial charge on any atom is 0.202 e. The number of hydrogen-bond donors (Lipinski definition) is 1. The molecule has 0 atom stereocenters. The zero-order chi connectivity index (χ0) is 10.8. The molecule has 1 heterocycles. The van der Waals surface area contributed by atoms with E-state index in [4.69, 9.17) is 0 Å². The van der Waals surface area contributed by atoms with Crippen molar-refractivity contribution in [2.24, 2.45) is 0 Å². The molecular formula is C12H19N3S. The molecule has 3 rings (SSSR count). The first-order valence-corrected chi connectivity index (χ1v) is 7.29. The number of anilines is 1. The van der Waals surface area contributed by atoms with Gasteiger partial charge in [-0.3, -0.25) is 0 Å². The summed E-state index contributed by atoms with van der Waals surface area (Å²) in [5.41, 5.74) is 0. The lowest BCUT2D eigenvalue weighted by molar-refractivity contribution is 0.568. The van der Waals surface area contributed by atoms with Gasteiger partial charge in [-0.15, -0.1) is 0 Å². The predicted molar refractivity (Wildman–Crippen MR) is 67.0 cm³/mol. The van der Waals surface area contributed by atoms with Crippen LogP contribution in [0.3, 0.4) is 0 Å². The Morgan fingerprint density at radius 3 is 2.44 bits per heavy atom. The third kappa shape index (κ3) is 2.54. The van der Waals surface area contributed by atoms with Gasteiger partial charge in [0.1, 0.15) is 5.82 Å². The molecule has 1 aromatic rings. The van der Waals surface area contributed by atoms with Crippen molar-refractivity contribution in [3.8, 4) is 0 Å². The van der Waals surface area contributed by atoms with Crippen LogP contribution >= 0.6 is 11.5 Å². The molecule has 0 radical (unpaired) electrons. The topological polar surface area (TPSA) is 37.8 Å². The van der Waals surface area contributed by atoms with Crippen molar-refractivity contribution >= 4 is 16.7 Å². The number of hydrogen-bond acceptors (Lipinski definition) is 4. The molecule has 0 unspecified atom stereocenters. The summed E-state index contributed by atoms with van der Waals surface area (Å²) in [6, 6.07) is 0.690. The summed E-state index contributed by atoms with van der Waals surface area (Å²) in [5.74, 6) is 1.74. The van der Waals surface area contributed by atoms with Gasteiger partial charge in [0, 0.05) is 23.5 Å². The van der Waals surface area contributed by atoms with E-state index in [0.29, 0.717) is 12.0 Å². The van der Waals surface area contributed by atoms with Crippen molar-refractivity contribution in [1.82, 2.24) is 9.36 Å². The molecule has 1 aromatic heterocycles. The highest BCUT2D eigenvalue weighted by atomic mass is 32.1. The number of nitrogens with zero attached hydrogens (tertiary/aromatic N) is 2. The Balaban J connectivity index is 1.64. The molecule has 2 aliphatic rings. The lowest BCUT2D eigenvalue weighted by Crippen LogP contribution is -2.02. The molecule has 0 amide bonds. The van der Waals surface area contributed by atoms with Crippen LogP contribution in [0, 0.1) is 0 Å². The second-order valence-electron chi connectivity index (χ2n) is 5.06. The van der Waals surface area contributed by atoms with E-state index in [1.165, 1.54) is 51.4 Å². The van der Waals surface area contributed by atoms with Crippen LogP contribution in [0.25, 0.3) is 0 Å². The summed E-state index contributed by atoms with van der Waals surface area (Å²) in [4.78, 5) is 4.65.